The van der Waals surface area contributed by atoms with Crippen molar-refractivity contribution in [3.05, 3.63) is 120 Å². The molecule has 0 saturated carbocycles. The number of carbonyl (C=O) groups is 2. The summed E-state index contributed by atoms with van der Waals surface area (Å²) in [5.74, 6) is -0.773. The number of aromatic nitrogens is 1. The normalized spacial score (nSPS) is 14.3. The van der Waals surface area contributed by atoms with Crippen molar-refractivity contribution in [1.29, 1.82) is 0 Å². The molecule has 186 valence electrons. The molecule has 1 aliphatic rings. The molecule has 4 aromatic carbocycles. The van der Waals surface area contributed by atoms with Crippen molar-refractivity contribution in [2.45, 2.75) is 19.4 Å². The van der Waals surface area contributed by atoms with Crippen LogP contribution in [0.15, 0.2) is 109 Å². The molecule has 0 radical (unpaired) electrons. The van der Waals surface area contributed by atoms with Gasteiger partial charge in [0.25, 0.3) is 5.91 Å². The van der Waals surface area contributed by atoms with Gasteiger partial charge >= 0.3 is 5.97 Å². The fraction of sp³-hybridized carbons (Fsp3) is 0.121. The molecule has 2 heterocycles. The molecule has 1 unspecified atom stereocenters. The average molecular weight is 499 g/mol. The Morgan fingerprint density at radius 2 is 1.47 bits per heavy atom. The summed E-state index contributed by atoms with van der Waals surface area (Å²) >= 11 is 0. The van der Waals surface area contributed by atoms with Gasteiger partial charge in [0, 0.05) is 22.7 Å². The third-order valence-corrected chi connectivity index (χ3v) is 7.03. The summed E-state index contributed by atoms with van der Waals surface area (Å²) in [6.45, 7) is 1.68. The third-order valence-electron chi connectivity index (χ3n) is 7.03. The quantitative estimate of drug-likeness (QED) is 0.253. The molecule has 5 aromatic rings. The van der Waals surface area contributed by atoms with Crippen LogP contribution < -0.4 is 4.90 Å². The molecule has 1 atom stereocenters. The van der Waals surface area contributed by atoms with E-state index in [4.69, 9.17) is 9.72 Å². The monoisotopic (exact) mass is 498 g/mol. The number of rotatable bonds is 5. The number of carbonyl (C=O) groups excluding carboxylic acids is 2. The second-order valence-electron chi connectivity index (χ2n) is 9.54. The van der Waals surface area contributed by atoms with Crippen LogP contribution in [0.5, 0.6) is 0 Å². The molecule has 6 rings (SSSR count). The highest BCUT2D eigenvalue weighted by molar-refractivity contribution is 6.06. The van der Waals surface area contributed by atoms with E-state index in [0.29, 0.717) is 22.2 Å². The van der Waals surface area contributed by atoms with Crippen LogP contribution >= 0.6 is 0 Å². The molecule has 0 spiro atoms. The standard InChI is InChI=1S/C33H26N2O3/c1-22-19-26-11-5-8-14-31(26)35(22)32(36)21-38-33(37)28-20-30(34-29-13-7-6-12-27(28)29)25-17-15-24(16-18-25)23-9-3-2-4-10-23/h2-18,20,22H,19,21H2,1H3. The Hall–Kier alpha value is -4.77. The van der Waals surface area contributed by atoms with E-state index in [-0.39, 0.29) is 18.6 Å². The Morgan fingerprint density at radius 3 is 2.29 bits per heavy atom. The van der Waals surface area contributed by atoms with E-state index in [1.807, 2.05) is 97.9 Å². The summed E-state index contributed by atoms with van der Waals surface area (Å²) in [5, 5.41) is 0.689. The number of benzene rings is 4. The molecule has 0 bridgehead atoms. The van der Waals surface area contributed by atoms with Gasteiger partial charge in [0.2, 0.25) is 0 Å². The van der Waals surface area contributed by atoms with Crippen molar-refractivity contribution in [3.8, 4) is 22.4 Å². The van der Waals surface area contributed by atoms with Gasteiger partial charge in [-0.05, 0) is 48.2 Å². The summed E-state index contributed by atoms with van der Waals surface area (Å²) in [6.07, 6.45) is 0.789. The second-order valence-corrected chi connectivity index (χ2v) is 9.54. The largest absolute Gasteiger partial charge is 0.452 e. The van der Waals surface area contributed by atoms with Crippen LogP contribution in [0.25, 0.3) is 33.3 Å². The molecule has 5 heteroatoms. The predicted octanol–water partition coefficient (Wildman–Crippen LogP) is 6.70. The minimum Gasteiger partial charge on any atom is -0.452 e. The molecule has 5 nitrogen and oxygen atoms in total. The molecule has 0 saturated heterocycles. The minimum absolute atomic E-state index is 0.0193. The number of anilines is 1. The first kappa shape index (κ1) is 23.6. The first-order valence-corrected chi connectivity index (χ1v) is 12.7. The number of nitrogens with zero attached hydrogens (tertiary/aromatic N) is 2. The van der Waals surface area contributed by atoms with E-state index in [9.17, 15) is 9.59 Å². The van der Waals surface area contributed by atoms with Crippen LogP contribution in [-0.4, -0.2) is 29.5 Å². The van der Waals surface area contributed by atoms with Crippen LogP contribution in [0.2, 0.25) is 0 Å². The van der Waals surface area contributed by atoms with E-state index < -0.39 is 5.97 Å². The van der Waals surface area contributed by atoms with Crippen molar-refractivity contribution < 1.29 is 14.3 Å². The number of hydrogen-bond donors (Lipinski definition) is 0. The van der Waals surface area contributed by atoms with Gasteiger partial charge in [-0.25, -0.2) is 9.78 Å². The number of fused-ring (bicyclic) bond motifs is 2. The second kappa shape index (κ2) is 9.94. The van der Waals surface area contributed by atoms with E-state index in [0.717, 1.165) is 34.4 Å². The van der Waals surface area contributed by atoms with Crippen molar-refractivity contribution in [2.75, 3.05) is 11.5 Å². The lowest BCUT2D eigenvalue weighted by atomic mass is 10.0. The molecule has 0 fully saturated rings. The molecule has 1 aliphatic heterocycles. The summed E-state index contributed by atoms with van der Waals surface area (Å²) in [7, 11) is 0. The van der Waals surface area contributed by atoms with E-state index >= 15 is 0 Å². The van der Waals surface area contributed by atoms with Gasteiger partial charge in [-0.2, -0.15) is 0 Å². The molecule has 1 amide bonds. The van der Waals surface area contributed by atoms with Gasteiger partial charge in [0.05, 0.1) is 16.8 Å². The summed E-state index contributed by atoms with van der Waals surface area (Å²) in [5.41, 5.74) is 6.89. The molecule has 38 heavy (non-hydrogen) atoms. The predicted molar refractivity (Wildman–Crippen MR) is 150 cm³/mol. The highest BCUT2D eigenvalue weighted by Gasteiger charge is 2.31. The van der Waals surface area contributed by atoms with Crippen LogP contribution in [0.1, 0.15) is 22.8 Å². The zero-order valence-electron chi connectivity index (χ0n) is 21.0. The van der Waals surface area contributed by atoms with E-state index in [2.05, 4.69) is 12.1 Å². The van der Waals surface area contributed by atoms with E-state index in [1.54, 1.807) is 11.0 Å². The van der Waals surface area contributed by atoms with Crippen molar-refractivity contribution >= 4 is 28.5 Å². The fourth-order valence-electron chi connectivity index (χ4n) is 5.18. The molecule has 0 N–H and O–H groups in total. The molecule has 1 aromatic heterocycles. The van der Waals surface area contributed by atoms with Crippen LogP contribution in [-0.2, 0) is 16.0 Å². The topological polar surface area (TPSA) is 59.5 Å². The molecular weight excluding hydrogens is 472 g/mol. The smallest absolute Gasteiger partial charge is 0.339 e. The Morgan fingerprint density at radius 1 is 0.816 bits per heavy atom. The SMILES string of the molecule is CC1Cc2ccccc2N1C(=O)COC(=O)c1cc(-c2ccc(-c3ccccc3)cc2)nc2ccccc12. The summed E-state index contributed by atoms with van der Waals surface area (Å²) in [6, 6.07) is 35.4. The summed E-state index contributed by atoms with van der Waals surface area (Å²) < 4.78 is 5.58. The van der Waals surface area contributed by atoms with Crippen LogP contribution in [0.4, 0.5) is 5.69 Å². The highest BCUT2D eigenvalue weighted by atomic mass is 16.5. The molecule has 0 aliphatic carbocycles. The lowest BCUT2D eigenvalue weighted by Gasteiger charge is -2.22. The maximum absolute atomic E-state index is 13.3. The molecular formula is C33H26N2O3. The van der Waals surface area contributed by atoms with Crippen LogP contribution in [0.3, 0.4) is 0 Å². The lowest BCUT2D eigenvalue weighted by molar-refractivity contribution is -0.122. The highest BCUT2D eigenvalue weighted by Crippen LogP contribution is 2.32. The number of amides is 1. The van der Waals surface area contributed by atoms with E-state index in [1.165, 1.54) is 0 Å². The van der Waals surface area contributed by atoms with Gasteiger partial charge in [-0.3, -0.25) is 4.79 Å². The van der Waals surface area contributed by atoms with Gasteiger partial charge in [-0.1, -0.05) is 91.0 Å². The van der Waals surface area contributed by atoms with Crippen molar-refractivity contribution in [3.63, 3.8) is 0 Å². The average Bonchev–Trinajstić information content (AvgIpc) is 3.31. The van der Waals surface area contributed by atoms with Crippen molar-refractivity contribution in [2.24, 2.45) is 0 Å². The number of hydrogen-bond acceptors (Lipinski definition) is 4. The zero-order valence-corrected chi connectivity index (χ0v) is 21.0. The Kier molecular flexibility index (Phi) is 6.18. The minimum atomic E-state index is -0.542. The number of pyridine rings is 1. The number of esters is 1. The lowest BCUT2D eigenvalue weighted by Crippen LogP contribution is -2.38. The Labute approximate surface area is 221 Å². The fourth-order valence-corrected chi connectivity index (χ4v) is 5.18. The third kappa shape index (κ3) is 4.43. The Balaban J connectivity index is 1.26. The van der Waals surface area contributed by atoms with Crippen LogP contribution in [0, 0.1) is 0 Å². The number of para-hydroxylation sites is 2. The Bertz CT molecular complexity index is 1640. The first-order chi connectivity index (χ1) is 18.6. The van der Waals surface area contributed by atoms with Gasteiger partial charge in [-0.15, -0.1) is 0 Å². The van der Waals surface area contributed by atoms with Crippen molar-refractivity contribution in [1.82, 2.24) is 4.98 Å². The summed E-state index contributed by atoms with van der Waals surface area (Å²) in [4.78, 5) is 32.9. The first-order valence-electron chi connectivity index (χ1n) is 12.7. The van der Waals surface area contributed by atoms with Gasteiger partial charge in [0.15, 0.2) is 6.61 Å². The van der Waals surface area contributed by atoms with Gasteiger partial charge in [0.1, 0.15) is 0 Å². The maximum Gasteiger partial charge on any atom is 0.339 e. The maximum atomic E-state index is 13.3. The van der Waals surface area contributed by atoms with Gasteiger partial charge < -0.3 is 9.64 Å². The zero-order chi connectivity index (χ0) is 26.1. The number of ether oxygens (including phenoxy) is 1.